The van der Waals surface area contributed by atoms with Gasteiger partial charge in [-0.25, -0.2) is 4.99 Å². The number of aromatic nitrogens is 1. The van der Waals surface area contributed by atoms with E-state index in [0.29, 0.717) is 0 Å². The van der Waals surface area contributed by atoms with Crippen molar-refractivity contribution in [2.75, 3.05) is 0 Å². The molecule has 0 saturated carbocycles. The number of rotatable bonds is 1. The average molecular weight is 165 g/mol. The molecule has 0 aliphatic heterocycles. The molecule has 0 aromatic carbocycles. The van der Waals surface area contributed by atoms with E-state index >= 15 is 0 Å². The number of aryl methyl sites for hydroxylation is 1. The topological polar surface area (TPSA) is 51.3 Å². The molecule has 0 aliphatic carbocycles. The van der Waals surface area contributed by atoms with Gasteiger partial charge in [0.15, 0.2) is 0 Å². The summed E-state index contributed by atoms with van der Waals surface area (Å²) in [6.45, 7) is 5.89. The van der Waals surface area contributed by atoms with Crippen LogP contribution in [0, 0.1) is 6.92 Å². The number of hydrogen-bond donors (Lipinski definition) is 1. The van der Waals surface area contributed by atoms with Gasteiger partial charge < -0.3 is 5.73 Å². The monoisotopic (exact) mass is 165 g/mol. The van der Waals surface area contributed by atoms with Gasteiger partial charge in [0.05, 0.1) is 17.7 Å². The third-order valence-corrected chi connectivity index (χ3v) is 1.19. The fourth-order valence-electron chi connectivity index (χ4n) is 0.693. The average Bonchev–Trinajstić information content (AvgIpc) is 2.13. The molecule has 2 N–H and O–H groups in total. The maximum Gasteiger partial charge on any atom is 0.0861 e. The number of hydrogen-bond acceptors (Lipinski definition) is 2. The zero-order valence-electron chi connectivity index (χ0n) is 7.78. The predicted molar refractivity (Wildman–Crippen MR) is 52.7 cm³/mol. The first-order chi connectivity index (χ1) is 5.84. The van der Waals surface area contributed by atoms with Crippen molar-refractivity contribution >= 4 is 12.0 Å². The molecule has 66 valence electrons. The van der Waals surface area contributed by atoms with Crippen molar-refractivity contribution in [3.63, 3.8) is 0 Å². The van der Waals surface area contributed by atoms with Crippen LogP contribution >= 0.6 is 0 Å². The van der Waals surface area contributed by atoms with Crippen LogP contribution in [0.4, 0.5) is 5.69 Å². The molecule has 0 radical (unpaired) electrons. The van der Waals surface area contributed by atoms with Crippen LogP contribution in [0.3, 0.4) is 0 Å². The minimum absolute atomic E-state index is 0.824. The standard InChI is InChI=1S/C7H9N3.C2H6/c1-6-7(10-5-8)3-2-4-9-6;1-2/h2-5H,1H3,(H2,8,10);1-2H3. The Bertz CT molecular complexity index is 243. The first-order valence-electron chi connectivity index (χ1n) is 4.00. The fraction of sp³-hybridized carbons (Fsp3) is 0.333. The van der Waals surface area contributed by atoms with E-state index in [1.54, 1.807) is 6.20 Å². The Balaban J connectivity index is 0.000000561. The summed E-state index contributed by atoms with van der Waals surface area (Å²) in [5.74, 6) is 0. The molecule has 0 amide bonds. The predicted octanol–water partition coefficient (Wildman–Crippen LogP) is 2.03. The van der Waals surface area contributed by atoms with E-state index in [4.69, 9.17) is 5.73 Å². The Labute approximate surface area is 73.4 Å². The van der Waals surface area contributed by atoms with E-state index in [1.807, 2.05) is 32.9 Å². The number of nitrogens with two attached hydrogens (primary N) is 1. The summed E-state index contributed by atoms with van der Waals surface area (Å²) in [5, 5.41) is 0. The van der Waals surface area contributed by atoms with Gasteiger partial charge in [-0.2, -0.15) is 0 Å². The normalized spacial score (nSPS) is 9.25. The van der Waals surface area contributed by atoms with Crippen molar-refractivity contribution in [1.82, 2.24) is 4.98 Å². The summed E-state index contributed by atoms with van der Waals surface area (Å²) < 4.78 is 0. The fourth-order valence-corrected chi connectivity index (χ4v) is 0.693. The lowest BCUT2D eigenvalue weighted by atomic mass is 10.3. The summed E-state index contributed by atoms with van der Waals surface area (Å²) in [5.41, 5.74) is 6.83. The minimum atomic E-state index is 0.824. The van der Waals surface area contributed by atoms with Gasteiger partial charge in [-0.3, -0.25) is 4.98 Å². The van der Waals surface area contributed by atoms with Crippen LogP contribution in [0.15, 0.2) is 23.3 Å². The Morgan fingerprint density at radius 3 is 2.67 bits per heavy atom. The van der Waals surface area contributed by atoms with Crippen LogP contribution in [0.2, 0.25) is 0 Å². The summed E-state index contributed by atoms with van der Waals surface area (Å²) >= 11 is 0. The van der Waals surface area contributed by atoms with E-state index in [0.717, 1.165) is 11.4 Å². The van der Waals surface area contributed by atoms with Gasteiger partial charge in [0, 0.05) is 6.20 Å². The highest BCUT2D eigenvalue weighted by atomic mass is 14.8. The Hall–Kier alpha value is -1.38. The maximum atomic E-state index is 5.11. The third kappa shape index (κ3) is 3.14. The lowest BCUT2D eigenvalue weighted by Gasteiger charge is -1.94. The molecule has 1 rings (SSSR count). The molecule has 0 atom stereocenters. The summed E-state index contributed by atoms with van der Waals surface area (Å²) in [7, 11) is 0. The zero-order chi connectivity index (χ0) is 9.40. The smallest absolute Gasteiger partial charge is 0.0861 e. The Kier molecular flexibility index (Phi) is 5.61. The first-order valence-corrected chi connectivity index (χ1v) is 4.00. The summed E-state index contributed by atoms with van der Waals surface area (Å²) in [6, 6.07) is 3.70. The maximum absolute atomic E-state index is 5.11. The van der Waals surface area contributed by atoms with Crippen LogP contribution in [-0.2, 0) is 0 Å². The van der Waals surface area contributed by atoms with Crippen molar-refractivity contribution in [2.24, 2.45) is 10.7 Å². The van der Waals surface area contributed by atoms with Crippen LogP contribution in [0.5, 0.6) is 0 Å². The zero-order valence-corrected chi connectivity index (χ0v) is 7.78. The van der Waals surface area contributed by atoms with Crippen molar-refractivity contribution in [3.05, 3.63) is 24.0 Å². The minimum Gasteiger partial charge on any atom is -0.390 e. The molecule has 0 unspecified atom stereocenters. The van der Waals surface area contributed by atoms with Gasteiger partial charge in [0.1, 0.15) is 0 Å². The van der Waals surface area contributed by atoms with Crippen molar-refractivity contribution in [1.29, 1.82) is 0 Å². The highest BCUT2D eigenvalue weighted by Crippen LogP contribution is 2.12. The number of pyridine rings is 1. The van der Waals surface area contributed by atoms with E-state index in [2.05, 4.69) is 9.98 Å². The third-order valence-electron chi connectivity index (χ3n) is 1.19. The second-order valence-electron chi connectivity index (χ2n) is 1.89. The Morgan fingerprint density at radius 2 is 2.17 bits per heavy atom. The van der Waals surface area contributed by atoms with Gasteiger partial charge in [-0.05, 0) is 19.1 Å². The quantitative estimate of drug-likeness (QED) is 0.511. The van der Waals surface area contributed by atoms with E-state index in [-0.39, 0.29) is 0 Å². The second-order valence-corrected chi connectivity index (χ2v) is 1.89. The molecule has 3 heteroatoms. The summed E-state index contributed by atoms with van der Waals surface area (Å²) in [4.78, 5) is 7.92. The summed E-state index contributed by atoms with van der Waals surface area (Å²) in [6.07, 6.45) is 2.99. The van der Waals surface area contributed by atoms with Crippen LogP contribution in [0.25, 0.3) is 0 Å². The highest BCUT2D eigenvalue weighted by Gasteiger charge is 1.91. The number of aliphatic imine (C=N–C) groups is 1. The first kappa shape index (κ1) is 10.6. The van der Waals surface area contributed by atoms with Gasteiger partial charge in [0.2, 0.25) is 0 Å². The lowest BCUT2D eigenvalue weighted by molar-refractivity contribution is 1.19. The van der Waals surface area contributed by atoms with Crippen molar-refractivity contribution in [3.8, 4) is 0 Å². The molecule has 1 heterocycles. The molecular formula is C9H15N3. The molecule has 0 saturated heterocycles. The molecule has 1 aromatic rings. The van der Waals surface area contributed by atoms with Crippen molar-refractivity contribution < 1.29 is 0 Å². The SMILES string of the molecule is CC.Cc1ncccc1N=CN. The van der Waals surface area contributed by atoms with E-state index in [1.165, 1.54) is 6.34 Å². The highest BCUT2D eigenvalue weighted by molar-refractivity contribution is 5.59. The van der Waals surface area contributed by atoms with Crippen molar-refractivity contribution in [2.45, 2.75) is 20.8 Å². The second kappa shape index (κ2) is 6.34. The van der Waals surface area contributed by atoms with Gasteiger partial charge in [-0.15, -0.1) is 0 Å². The molecule has 0 bridgehead atoms. The van der Waals surface area contributed by atoms with Crippen LogP contribution in [0.1, 0.15) is 19.5 Å². The molecule has 1 aromatic heterocycles. The molecule has 0 fully saturated rings. The molecule has 0 spiro atoms. The van der Waals surface area contributed by atoms with Gasteiger partial charge in [-0.1, -0.05) is 13.8 Å². The van der Waals surface area contributed by atoms with Crippen LogP contribution in [-0.4, -0.2) is 11.3 Å². The molecular weight excluding hydrogens is 150 g/mol. The van der Waals surface area contributed by atoms with Crippen LogP contribution < -0.4 is 5.73 Å². The van der Waals surface area contributed by atoms with E-state index in [9.17, 15) is 0 Å². The van der Waals surface area contributed by atoms with Gasteiger partial charge in [0.25, 0.3) is 0 Å². The molecule has 3 nitrogen and oxygen atoms in total. The molecule has 0 aliphatic rings. The van der Waals surface area contributed by atoms with Gasteiger partial charge >= 0.3 is 0 Å². The Morgan fingerprint density at radius 1 is 1.50 bits per heavy atom. The number of nitrogens with zero attached hydrogens (tertiary/aromatic N) is 2. The largest absolute Gasteiger partial charge is 0.390 e. The van der Waals surface area contributed by atoms with E-state index < -0.39 is 0 Å². The molecule has 12 heavy (non-hydrogen) atoms. The lowest BCUT2D eigenvalue weighted by Crippen LogP contribution is -1.88.